The maximum Gasteiger partial charge on any atom is 0.408 e. The second kappa shape index (κ2) is 9.26. The number of pyridine rings is 1. The van der Waals surface area contributed by atoms with Crippen LogP contribution in [-0.2, 0) is 6.54 Å². The molecule has 1 fully saturated rings. The predicted octanol–water partition coefficient (Wildman–Crippen LogP) is 3.99. The second-order valence-corrected chi connectivity index (χ2v) is 8.60. The Morgan fingerprint density at radius 3 is 2.72 bits per heavy atom. The largest absolute Gasteiger partial charge is 0.408 e. The van der Waals surface area contributed by atoms with Crippen LogP contribution in [0.15, 0.2) is 37.2 Å². The maximum atomic E-state index is 12.7. The summed E-state index contributed by atoms with van der Waals surface area (Å²) in [5, 5.41) is 25.6. The molecular formula is C23H19F3N10. The average Bonchev–Trinajstić information content (AvgIpc) is 3.49. The Balaban J connectivity index is 1.35. The molecular weight excluding hydrogens is 473 g/mol. The molecule has 0 radical (unpaired) electrons. The van der Waals surface area contributed by atoms with Crippen LogP contribution in [0.4, 0.5) is 19.1 Å². The van der Waals surface area contributed by atoms with Crippen molar-refractivity contribution in [3.8, 4) is 23.4 Å². The van der Waals surface area contributed by atoms with Gasteiger partial charge in [0, 0.05) is 30.0 Å². The van der Waals surface area contributed by atoms with Crippen LogP contribution >= 0.6 is 0 Å². The van der Waals surface area contributed by atoms with Gasteiger partial charge in [0.2, 0.25) is 5.95 Å². The topological polar surface area (TPSA) is 134 Å². The summed E-state index contributed by atoms with van der Waals surface area (Å²) in [7, 11) is 0. The molecule has 0 spiro atoms. The van der Waals surface area contributed by atoms with Crippen molar-refractivity contribution in [1.29, 1.82) is 10.5 Å². The third-order valence-electron chi connectivity index (χ3n) is 6.07. The molecule has 4 heterocycles. The number of aromatic nitrogens is 7. The Morgan fingerprint density at radius 2 is 1.94 bits per heavy atom. The van der Waals surface area contributed by atoms with Crippen molar-refractivity contribution in [2.45, 2.75) is 50.5 Å². The molecule has 10 nitrogen and oxygen atoms in total. The zero-order valence-electron chi connectivity index (χ0n) is 18.8. The van der Waals surface area contributed by atoms with Gasteiger partial charge in [0.15, 0.2) is 5.65 Å². The van der Waals surface area contributed by atoms with E-state index in [0.29, 0.717) is 22.3 Å². The van der Waals surface area contributed by atoms with Crippen LogP contribution in [0.5, 0.6) is 0 Å². The highest BCUT2D eigenvalue weighted by Crippen LogP contribution is 2.32. The van der Waals surface area contributed by atoms with Gasteiger partial charge in [-0.25, -0.2) is 19.9 Å². The third kappa shape index (κ3) is 4.81. The lowest BCUT2D eigenvalue weighted by Gasteiger charge is -2.30. The van der Waals surface area contributed by atoms with Crippen molar-refractivity contribution >= 4 is 17.1 Å². The van der Waals surface area contributed by atoms with Gasteiger partial charge in [-0.1, -0.05) is 0 Å². The van der Waals surface area contributed by atoms with Gasteiger partial charge >= 0.3 is 6.18 Å². The first kappa shape index (κ1) is 23.2. The van der Waals surface area contributed by atoms with Gasteiger partial charge in [0.05, 0.1) is 35.5 Å². The van der Waals surface area contributed by atoms with Crippen LogP contribution in [0.25, 0.3) is 22.4 Å². The third-order valence-corrected chi connectivity index (χ3v) is 6.07. The van der Waals surface area contributed by atoms with Crippen molar-refractivity contribution in [3.05, 3.63) is 48.3 Å². The minimum atomic E-state index is -4.41. The van der Waals surface area contributed by atoms with Crippen LogP contribution in [0.2, 0.25) is 0 Å². The summed E-state index contributed by atoms with van der Waals surface area (Å²) in [5.74, 6) is 0.283. The summed E-state index contributed by atoms with van der Waals surface area (Å²) in [6, 6.07) is 5.91. The molecule has 2 atom stereocenters. The predicted molar refractivity (Wildman–Crippen MR) is 121 cm³/mol. The van der Waals surface area contributed by atoms with Gasteiger partial charge < -0.3 is 9.88 Å². The molecule has 1 N–H and O–H groups in total. The molecule has 1 aliphatic carbocycles. The van der Waals surface area contributed by atoms with Crippen molar-refractivity contribution in [2.24, 2.45) is 0 Å². The van der Waals surface area contributed by atoms with Crippen LogP contribution in [0, 0.1) is 22.7 Å². The van der Waals surface area contributed by atoms with Gasteiger partial charge in [0.25, 0.3) is 0 Å². The Bertz CT molecular complexity index is 1490. The number of nitrogens with zero attached hydrogens (tertiary/aromatic N) is 9. The normalized spacial score (nSPS) is 18.0. The molecule has 0 aromatic carbocycles. The van der Waals surface area contributed by atoms with E-state index in [1.165, 1.54) is 24.8 Å². The number of fused-ring (bicyclic) bond motifs is 1. The minimum absolute atomic E-state index is 0.0216. The summed E-state index contributed by atoms with van der Waals surface area (Å²) >= 11 is 0. The monoisotopic (exact) mass is 492 g/mol. The average molecular weight is 492 g/mol. The standard InChI is InChI=1S/C23H19F3N10/c24-23(25,26)12-35-11-16(10-32-35)20-15(7-28)9-30-22(34-20)33-17-2-1-3-18(5-17)36-13-31-19-4-14(6-27)8-29-21(19)36/h4,8-11,13,17-18H,1-3,5,12H2,(H,30,33,34)/t17-,18+/m1/s1. The van der Waals surface area contributed by atoms with Gasteiger partial charge in [-0.15, -0.1) is 0 Å². The van der Waals surface area contributed by atoms with Crippen molar-refractivity contribution in [1.82, 2.24) is 34.3 Å². The number of alkyl halides is 3. The van der Waals surface area contributed by atoms with E-state index in [4.69, 9.17) is 5.26 Å². The lowest BCUT2D eigenvalue weighted by molar-refractivity contribution is -0.142. The van der Waals surface area contributed by atoms with Crippen molar-refractivity contribution in [2.75, 3.05) is 5.32 Å². The Hall–Kier alpha value is -4.52. The van der Waals surface area contributed by atoms with E-state index < -0.39 is 12.7 Å². The zero-order valence-corrected chi connectivity index (χ0v) is 18.8. The van der Waals surface area contributed by atoms with Crippen LogP contribution < -0.4 is 5.32 Å². The molecule has 1 saturated carbocycles. The second-order valence-electron chi connectivity index (χ2n) is 8.60. The van der Waals surface area contributed by atoms with E-state index in [-0.39, 0.29) is 29.3 Å². The highest BCUT2D eigenvalue weighted by Gasteiger charge is 2.29. The van der Waals surface area contributed by atoms with Crippen molar-refractivity contribution < 1.29 is 13.2 Å². The number of hydrogen-bond donors (Lipinski definition) is 1. The fourth-order valence-electron chi connectivity index (χ4n) is 4.49. The summed E-state index contributed by atoms with van der Waals surface area (Å²) in [5.41, 5.74) is 2.49. The molecule has 0 aliphatic heterocycles. The molecule has 4 aromatic rings. The number of imidazole rings is 1. The fourth-order valence-corrected chi connectivity index (χ4v) is 4.49. The van der Waals surface area contributed by atoms with E-state index in [9.17, 15) is 18.4 Å². The van der Waals surface area contributed by atoms with Gasteiger partial charge in [-0.2, -0.15) is 28.8 Å². The number of rotatable bonds is 5. The van der Waals surface area contributed by atoms with Crippen LogP contribution in [0.1, 0.15) is 42.9 Å². The fraction of sp³-hybridized carbons (Fsp3) is 0.348. The lowest BCUT2D eigenvalue weighted by atomic mass is 9.91. The molecule has 182 valence electrons. The summed E-state index contributed by atoms with van der Waals surface area (Å²) in [4.78, 5) is 17.5. The summed E-state index contributed by atoms with van der Waals surface area (Å²) in [6.07, 6.45) is 6.16. The Kier molecular flexibility index (Phi) is 5.98. The summed E-state index contributed by atoms with van der Waals surface area (Å²) < 4.78 is 40.9. The highest BCUT2D eigenvalue weighted by atomic mass is 19.4. The van der Waals surface area contributed by atoms with E-state index in [1.54, 1.807) is 12.4 Å². The Labute approximate surface area is 203 Å². The van der Waals surface area contributed by atoms with Crippen molar-refractivity contribution in [3.63, 3.8) is 0 Å². The van der Waals surface area contributed by atoms with E-state index in [1.807, 2.05) is 10.6 Å². The first-order chi connectivity index (χ1) is 17.3. The SMILES string of the molecule is N#Cc1cnc2c(c1)ncn2[C@H]1CCC[C@@H](Nc2ncc(C#N)c(-c3cnn(CC(F)(F)F)c3)n2)C1. The molecule has 36 heavy (non-hydrogen) atoms. The van der Waals surface area contributed by atoms with Crippen LogP contribution in [-0.4, -0.2) is 46.5 Å². The molecule has 0 amide bonds. The Morgan fingerprint density at radius 1 is 1.08 bits per heavy atom. The van der Waals surface area contributed by atoms with Gasteiger partial charge in [0.1, 0.15) is 24.2 Å². The molecule has 13 heteroatoms. The van der Waals surface area contributed by atoms with Gasteiger partial charge in [-0.3, -0.25) is 4.68 Å². The van der Waals surface area contributed by atoms with E-state index >= 15 is 0 Å². The number of hydrogen-bond acceptors (Lipinski definition) is 8. The number of anilines is 1. The number of nitriles is 2. The highest BCUT2D eigenvalue weighted by molar-refractivity contribution is 5.72. The maximum absolute atomic E-state index is 12.7. The molecule has 5 rings (SSSR count). The minimum Gasteiger partial charge on any atom is -0.351 e. The first-order valence-corrected chi connectivity index (χ1v) is 11.2. The number of halogens is 3. The number of nitrogens with one attached hydrogen (secondary N) is 1. The lowest BCUT2D eigenvalue weighted by Crippen LogP contribution is -2.29. The molecule has 0 bridgehead atoms. The first-order valence-electron chi connectivity index (χ1n) is 11.2. The molecule has 1 aliphatic rings. The zero-order chi connectivity index (χ0) is 25.3. The molecule has 4 aromatic heterocycles. The summed E-state index contributed by atoms with van der Waals surface area (Å²) in [6.45, 7) is -1.23. The van der Waals surface area contributed by atoms with Gasteiger partial charge in [-0.05, 0) is 31.7 Å². The molecule has 0 unspecified atom stereocenters. The van der Waals surface area contributed by atoms with E-state index in [2.05, 4.69) is 36.4 Å². The van der Waals surface area contributed by atoms with E-state index in [0.717, 1.165) is 30.4 Å². The quantitative estimate of drug-likeness (QED) is 0.442. The van der Waals surface area contributed by atoms with Crippen LogP contribution in [0.3, 0.4) is 0 Å². The molecule has 0 saturated heterocycles. The smallest absolute Gasteiger partial charge is 0.351 e.